The molecule has 0 saturated carbocycles. The summed E-state index contributed by atoms with van der Waals surface area (Å²) in [6.45, 7) is 0.765. The van der Waals surface area contributed by atoms with Crippen LogP contribution in [0, 0.1) is 0 Å². The average Bonchev–Trinajstić information content (AvgIpc) is 2.96. The minimum atomic E-state index is -0.466. The minimum absolute atomic E-state index is 0.466. The number of hydrogen-bond donors (Lipinski definition) is 2. The minimum Gasteiger partial charge on any atom is -0.408 e. The van der Waals surface area contributed by atoms with E-state index in [1.807, 2.05) is 23.4 Å². The van der Waals surface area contributed by atoms with Crippen molar-refractivity contribution in [2.75, 3.05) is 17.7 Å². The maximum absolute atomic E-state index is 11.2. The van der Waals surface area contributed by atoms with E-state index in [9.17, 15) is 4.79 Å². The fraction of sp³-hybridized carbons (Fsp3) is 0.154. The fourth-order valence-corrected chi connectivity index (χ4v) is 2.73. The van der Waals surface area contributed by atoms with E-state index in [4.69, 9.17) is 10.2 Å². The summed E-state index contributed by atoms with van der Waals surface area (Å²) in [5.74, 6) is -0.466. The smallest absolute Gasteiger partial charge is 0.408 e. The molecule has 3 aromatic rings. The second-order valence-electron chi connectivity index (χ2n) is 4.41. The summed E-state index contributed by atoms with van der Waals surface area (Å²) in [5.41, 5.74) is 9.84. The van der Waals surface area contributed by atoms with Crippen molar-refractivity contribution in [3.8, 4) is 0 Å². The number of H-pyrrole nitrogens is 1. The third-order valence-electron chi connectivity index (χ3n) is 2.98. The maximum atomic E-state index is 11.2. The molecule has 2 aromatic heterocycles. The zero-order chi connectivity index (χ0) is 13.4. The molecule has 3 N–H and O–H groups in total. The molecule has 0 atom stereocenters. The molecular formula is C13H13N3O2S. The first-order valence-corrected chi connectivity index (χ1v) is 6.72. The highest BCUT2D eigenvalue weighted by molar-refractivity contribution is 7.07. The SMILES string of the molecule is CN(Cc1ccsc1)c1cc2[nH]c(=O)oc2cc1N. The standard InChI is InChI=1S/C13H13N3O2S/c1-16(6-8-2-3-19-7-8)11-5-10-12(4-9(11)14)18-13(17)15-10/h2-5,7H,6,14H2,1H3,(H,15,17). The fourth-order valence-electron chi connectivity index (χ4n) is 2.07. The average molecular weight is 275 g/mol. The van der Waals surface area contributed by atoms with Crippen molar-refractivity contribution in [2.24, 2.45) is 0 Å². The quantitative estimate of drug-likeness (QED) is 0.720. The van der Waals surface area contributed by atoms with Gasteiger partial charge >= 0.3 is 5.76 Å². The zero-order valence-electron chi connectivity index (χ0n) is 10.3. The lowest BCUT2D eigenvalue weighted by Crippen LogP contribution is -2.17. The monoisotopic (exact) mass is 275 g/mol. The lowest BCUT2D eigenvalue weighted by molar-refractivity contribution is 0.555. The molecule has 0 aliphatic carbocycles. The largest absolute Gasteiger partial charge is 0.417 e. The highest BCUT2D eigenvalue weighted by Crippen LogP contribution is 2.28. The first kappa shape index (κ1) is 11.9. The number of benzene rings is 1. The molecule has 19 heavy (non-hydrogen) atoms. The van der Waals surface area contributed by atoms with Crippen LogP contribution in [0.4, 0.5) is 11.4 Å². The van der Waals surface area contributed by atoms with Gasteiger partial charge in [0.25, 0.3) is 0 Å². The van der Waals surface area contributed by atoms with Gasteiger partial charge in [-0.15, -0.1) is 0 Å². The van der Waals surface area contributed by atoms with Crippen LogP contribution in [0.1, 0.15) is 5.56 Å². The number of oxazole rings is 1. The third-order valence-corrected chi connectivity index (χ3v) is 3.71. The van der Waals surface area contributed by atoms with Gasteiger partial charge < -0.3 is 15.1 Å². The van der Waals surface area contributed by atoms with E-state index in [0.29, 0.717) is 16.8 Å². The molecule has 5 nitrogen and oxygen atoms in total. The normalized spacial score (nSPS) is 11.0. The summed E-state index contributed by atoms with van der Waals surface area (Å²) in [7, 11) is 1.97. The van der Waals surface area contributed by atoms with E-state index in [1.165, 1.54) is 5.56 Å². The lowest BCUT2D eigenvalue weighted by Gasteiger charge is -2.20. The summed E-state index contributed by atoms with van der Waals surface area (Å²) < 4.78 is 4.98. The summed E-state index contributed by atoms with van der Waals surface area (Å²) in [6, 6.07) is 5.59. The first-order chi connectivity index (χ1) is 9.13. The Kier molecular flexibility index (Phi) is 2.79. The number of nitrogen functional groups attached to an aromatic ring is 1. The Morgan fingerprint density at radius 3 is 3.05 bits per heavy atom. The van der Waals surface area contributed by atoms with Crippen LogP contribution in [0.2, 0.25) is 0 Å². The molecule has 2 heterocycles. The van der Waals surface area contributed by atoms with E-state index >= 15 is 0 Å². The number of rotatable bonds is 3. The molecule has 0 aliphatic rings. The molecule has 0 aliphatic heterocycles. The molecule has 98 valence electrons. The summed E-state index contributed by atoms with van der Waals surface area (Å²) >= 11 is 1.67. The van der Waals surface area contributed by atoms with Gasteiger partial charge in [-0.05, 0) is 28.5 Å². The van der Waals surface area contributed by atoms with Crippen molar-refractivity contribution in [1.82, 2.24) is 4.98 Å². The van der Waals surface area contributed by atoms with E-state index in [0.717, 1.165) is 12.2 Å². The Labute approximate surface area is 113 Å². The molecule has 1 aromatic carbocycles. The molecular weight excluding hydrogens is 262 g/mol. The highest BCUT2D eigenvalue weighted by atomic mass is 32.1. The first-order valence-electron chi connectivity index (χ1n) is 5.78. The van der Waals surface area contributed by atoms with E-state index in [-0.39, 0.29) is 0 Å². The number of aromatic amines is 1. The van der Waals surface area contributed by atoms with Gasteiger partial charge in [0, 0.05) is 19.7 Å². The van der Waals surface area contributed by atoms with Gasteiger partial charge in [0.2, 0.25) is 0 Å². The van der Waals surface area contributed by atoms with Crippen LogP contribution < -0.4 is 16.4 Å². The van der Waals surface area contributed by atoms with Crippen molar-refractivity contribution < 1.29 is 4.42 Å². The molecule has 0 bridgehead atoms. The Morgan fingerprint density at radius 2 is 2.32 bits per heavy atom. The topological polar surface area (TPSA) is 75.3 Å². The van der Waals surface area contributed by atoms with E-state index in [1.54, 1.807) is 17.4 Å². The molecule has 0 amide bonds. The number of nitrogens with zero attached hydrogens (tertiary/aromatic N) is 1. The van der Waals surface area contributed by atoms with Crippen LogP contribution >= 0.6 is 11.3 Å². The Morgan fingerprint density at radius 1 is 1.47 bits per heavy atom. The van der Waals surface area contributed by atoms with Gasteiger partial charge in [-0.1, -0.05) is 0 Å². The lowest BCUT2D eigenvalue weighted by atomic mass is 10.2. The second-order valence-corrected chi connectivity index (χ2v) is 5.19. The van der Waals surface area contributed by atoms with Gasteiger partial charge in [0.1, 0.15) is 0 Å². The van der Waals surface area contributed by atoms with Gasteiger partial charge in [-0.3, -0.25) is 4.98 Å². The summed E-state index contributed by atoms with van der Waals surface area (Å²) in [4.78, 5) is 15.8. The number of fused-ring (bicyclic) bond motifs is 1. The van der Waals surface area contributed by atoms with Crippen molar-refractivity contribution >= 4 is 33.8 Å². The number of anilines is 2. The molecule has 0 fully saturated rings. The second kappa shape index (κ2) is 4.47. The van der Waals surface area contributed by atoms with Crippen LogP contribution in [-0.2, 0) is 6.54 Å². The Balaban J connectivity index is 1.99. The van der Waals surface area contributed by atoms with Crippen LogP contribution in [0.5, 0.6) is 0 Å². The zero-order valence-corrected chi connectivity index (χ0v) is 11.2. The van der Waals surface area contributed by atoms with Crippen molar-refractivity contribution in [3.63, 3.8) is 0 Å². The van der Waals surface area contributed by atoms with Crippen LogP contribution in [-0.4, -0.2) is 12.0 Å². The van der Waals surface area contributed by atoms with Crippen molar-refractivity contribution in [2.45, 2.75) is 6.54 Å². The van der Waals surface area contributed by atoms with Gasteiger partial charge in [-0.25, -0.2) is 4.79 Å². The predicted octanol–water partition coefficient (Wildman–Crippen LogP) is 2.40. The molecule has 0 saturated heterocycles. The van der Waals surface area contributed by atoms with Gasteiger partial charge in [0.05, 0.1) is 16.9 Å². The summed E-state index contributed by atoms with van der Waals surface area (Å²) in [6.07, 6.45) is 0. The van der Waals surface area contributed by atoms with Crippen molar-refractivity contribution in [3.05, 3.63) is 45.1 Å². The van der Waals surface area contributed by atoms with Crippen LogP contribution in [0.25, 0.3) is 11.1 Å². The van der Waals surface area contributed by atoms with Crippen LogP contribution in [0.15, 0.2) is 38.2 Å². The van der Waals surface area contributed by atoms with E-state index in [2.05, 4.69) is 16.4 Å². The molecule has 6 heteroatoms. The Hall–Kier alpha value is -2.21. The number of nitrogens with two attached hydrogens (primary N) is 1. The van der Waals surface area contributed by atoms with Gasteiger partial charge in [-0.2, -0.15) is 11.3 Å². The number of nitrogens with one attached hydrogen (secondary N) is 1. The predicted molar refractivity (Wildman–Crippen MR) is 77.7 cm³/mol. The molecule has 0 unspecified atom stereocenters. The third kappa shape index (κ3) is 2.22. The number of thiophene rings is 1. The van der Waals surface area contributed by atoms with Gasteiger partial charge in [0.15, 0.2) is 5.58 Å². The van der Waals surface area contributed by atoms with E-state index < -0.39 is 5.76 Å². The molecule has 0 spiro atoms. The highest BCUT2D eigenvalue weighted by Gasteiger charge is 2.10. The number of aromatic nitrogens is 1. The van der Waals surface area contributed by atoms with Crippen LogP contribution in [0.3, 0.4) is 0 Å². The molecule has 3 rings (SSSR count). The van der Waals surface area contributed by atoms with Crippen molar-refractivity contribution in [1.29, 1.82) is 0 Å². The Bertz CT molecular complexity index is 758. The maximum Gasteiger partial charge on any atom is 0.417 e. The summed E-state index contributed by atoms with van der Waals surface area (Å²) in [5, 5.41) is 4.15. The number of hydrogen-bond acceptors (Lipinski definition) is 5. The molecule has 0 radical (unpaired) electrons.